The molecular formula is C37H41Cl2N11OS2. The number of aryl methyl sites for hydroxylation is 1. The number of aromatic amines is 2. The van der Waals surface area contributed by atoms with Gasteiger partial charge in [0.1, 0.15) is 22.9 Å². The molecule has 3 aliphatic rings. The Morgan fingerprint density at radius 3 is 2.43 bits per heavy atom. The number of fused-ring (bicyclic) bond motifs is 4. The van der Waals surface area contributed by atoms with Crippen LogP contribution in [0.1, 0.15) is 42.4 Å². The van der Waals surface area contributed by atoms with Gasteiger partial charge >= 0.3 is 0 Å². The predicted octanol–water partition coefficient (Wildman–Crippen LogP) is 6.54. The lowest BCUT2D eigenvalue weighted by molar-refractivity contribution is 0.109. The van der Waals surface area contributed by atoms with Gasteiger partial charge < -0.3 is 35.6 Å². The molecule has 16 heteroatoms. The second kappa shape index (κ2) is 14.7. The number of pyridine rings is 1. The first-order valence-corrected chi connectivity index (χ1v) is 21.0. The number of anilines is 2. The highest BCUT2D eigenvalue weighted by atomic mass is 35.5. The van der Waals surface area contributed by atoms with E-state index in [0.29, 0.717) is 29.4 Å². The van der Waals surface area contributed by atoms with Crippen molar-refractivity contribution in [1.29, 1.82) is 0 Å². The zero-order valence-corrected chi connectivity index (χ0v) is 32.8. The minimum absolute atomic E-state index is 0.0964. The van der Waals surface area contributed by atoms with Crippen LogP contribution in [0.3, 0.4) is 0 Å². The average molecular weight is 791 g/mol. The number of benzene rings is 1. The maximum Gasteiger partial charge on any atom is 0.196 e. The molecule has 0 saturated carbocycles. The van der Waals surface area contributed by atoms with Gasteiger partial charge in [0, 0.05) is 85.0 Å². The van der Waals surface area contributed by atoms with Crippen LogP contribution < -0.4 is 20.9 Å². The molecule has 0 amide bonds. The number of ether oxygens (including phenoxy) is 1. The van der Waals surface area contributed by atoms with Gasteiger partial charge in [0.2, 0.25) is 0 Å². The van der Waals surface area contributed by atoms with Gasteiger partial charge in [-0.2, -0.15) is 0 Å². The highest BCUT2D eigenvalue weighted by Crippen LogP contribution is 2.39. The second-order valence-electron chi connectivity index (χ2n) is 14.0. The standard InChI is InChI=1S/C37H41Cl2N11OS2/c1-3-24-30(38)28-32(43-24)45-36(52-2)47-34(28)50-12-8-22(17-50)41-10-6-26-31(39)29-33(44-26)46-37(48-35(29)49-11-7-21(40)16-49)53-23-5-4-19-14-20-18-51-13-9-25(20)42-27(19)15-23/h4-5,14-15,21-22,41H,3,6-13,16-18,40H2,1-2H3,(H,43,45,47)(H,44,46,48)/t21-,22-/m0/s1. The smallest absolute Gasteiger partial charge is 0.196 e. The number of H-pyrrole nitrogens is 2. The van der Waals surface area contributed by atoms with E-state index in [4.69, 9.17) is 58.6 Å². The molecule has 2 fully saturated rings. The van der Waals surface area contributed by atoms with E-state index in [1.54, 1.807) is 0 Å². The molecule has 5 N–H and O–H groups in total. The Bertz CT molecular complexity index is 2350. The van der Waals surface area contributed by atoms with E-state index >= 15 is 0 Å². The molecule has 0 bridgehead atoms. The molecule has 8 heterocycles. The fourth-order valence-electron chi connectivity index (χ4n) is 7.74. The third kappa shape index (κ3) is 6.81. The molecule has 12 nitrogen and oxygen atoms in total. The van der Waals surface area contributed by atoms with Crippen LogP contribution in [0, 0.1) is 0 Å². The number of hydrogen-bond acceptors (Lipinski definition) is 12. The Balaban J connectivity index is 0.936. The maximum atomic E-state index is 7.16. The van der Waals surface area contributed by atoms with Gasteiger partial charge in [0.15, 0.2) is 10.3 Å². The van der Waals surface area contributed by atoms with Gasteiger partial charge in [-0.1, -0.05) is 48.0 Å². The summed E-state index contributed by atoms with van der Waals surface area (Å²) in [4.78, 5) is 37.3. The van der Waals surface area contributed by atoms with Crippen molar-refractivity contribution < 1.29 is 4.74 Å². The van der Waals surface area contributed by atoms with Crippen molar-refractivity contribution in [2.75, 3.05) is 55.4 Å². The van der Waals surface area contributed by atoms with E-state index in [-0.39, 0.29) is 6.04 Å². The minimum atomic E-state index is 0.0964. The van der Waals surface area contributed by atoms with Gasteiger partial charge in [-0.25, -0.2) is 19.9 Å². The zero-order valence-electron chi connectivity index (χ0n) is 29.6. The number of halogens is 2. The van der Waals surface area contributed by atoms with Gasteiger partial charge in [-0.15, -0.1) is 0 Å². The number of rotatable bonds is 10. The van der Waals surface area contributed by atoms with E-state index in [1.165, 1.54) is 29.1 Å². The molecule has 2 saturated heterocycles. The second-order valence-corrected chi connectivity index (χ2v) is 16.6. The molecule has 3 aliphatic heterocycles. The largest absolute Gasteiger partial charge is 0.376 e. The van der Waals surface area contributed by atoms with E-state index in [9.17, 15) is 0 Å². The average Bonchev–Trinajstić information content (AvgIpc) is 3.96. The lowest BCUT2D eigenvalue weighted by Gasteiger charge is -2.19. The van der Waals surface area contributed by atoms with Crippen molar-refractivity contribution in [2.45, 2.75) is 72.9 Å². The first kappa shape index (κ1) is 35.3. The molecule has 6 aromatic rings. The molecule has 0 radical (unpaired) electrons. The molecule has 0 aliphatic carbocycles. The zero-order chi connectivity index (χ0) is 36.2. The molecule has 53 heavy (non-hydrogen) atoms. The van der Waals surface area contributed by atoms with E-state index in [1.807, 2.05) is 6.26 Å². The van der Waals surface area contributed by atoms with Gasteiger partial charge in [-0.3, -0.25) is 4.98 Å². The molecule has 9 rings (SSSR count). The predicted molar refractivity (Wildman–Crippen MR) is 215 cm³/mol. The lowest BCUT2D eigenvalue weighted by Crippen LogP contribution is -2.34. The van der Waals surface area contributed by atoms with Crippen LogP contribution in [-0.2, 0) is 30.6 Å². The molecule has 1 aromatic carbocycles. The van der Waals surface area contributed by atoms with Crippen LogP contribution in [-0.4, -0.2) is 92.6 Å². The molecular weight excluding hydrogens is 750 g/mol. The Morgan fingerprint density at radius 1 is 0.925 bits per heavy atom. The number of thioether (sulfide) groups is 1. The van der Waals surface area contributed by atoms with Gasteiger partial charge in [0.05, 0.1) is 39.5 Å². The molecule has 5 aromatic heterocycles. The van der Waals surface area contributed by atoms with Crippen molar-refractivity contribution in [3.63, 3.8) is 0 Å². The fraction of sp³-hybridized carbons (Fsp3) is 0.432. The third-order valence-electron chi connectivity index (χ3n) is 10.5. The minimum Gasteiger partial charge on any atom is -0.376 e. The third-order valence-corrected chi connectivity index (χ3v) is 12.7. The summed E-state index contributed by atoms with van der Waals surface area (Å²) in [6.45, 7) is 7.45. The number of nitrogens with one attached hydrogen (secondary N) is 3. The van der Waals surface area contributed by atoms with Crippen molar-refractivity contribution >= 4 is 91.3 Å². The highest BCUT2D eigenvalue weighted by molar-refractivity contribution is 7.99. The number of aromatic nitrogens is 7. The van der Waals surface area contributed by atoms with Crippen molar-refractivity contribution in [3.8, 4) is 0 Å². The summed E-state index contributed by atoms with van der Waals surface area (Å²) < 4.78 is 5.64. The summed E-state index contributed by atoms with van der Waals surface area (Å²) in [7, 11) is 0. The first-order valence-electron chi connectivity index (χ1n) is 18.2. The van der Waals surface area contributed by atoms with E-state index in [2.05, 4.69) is 56.3 Å². The Hall–Kier alpha value is -3.37. The van der Waals surface area contributed by atoms with E-state index in [0.717, 1.165) is 142 Å². The summed E-state index contributed by atoms with van der Waals surface area (Å²) in [5, 5.41) is 9.43. The van der Waals surface area contributed by atoms with Crippen LogP contribution in [0.2, 0.25) is 10.0 Å². The summed E-state index contributed by atoms with van der Waals surface area (Å²) in [5.41, 5.74) is 13.1. The van der Waals surface area contributed by atoms with Crippen molar-refractivity contribution in [1.82, 2.24) is 40.2 Å². The Kier molecular flexibility index (Phi) is 9.80. The fourth-order valence-corrected chi connectivity index (χ4v) is 9.56. The topological polar surface area (TPSA) is 150 Å². The Labute approximate surface area is 325 Å². The molecule has 2 atom stereocenters. The monoisotopic (exact) mass is 789 g/mol. The van der Waals surface area contributed by atoms with Gasteiger partial charge in [-0.05, 0) is 61.0 Å². The van der Waals surface area contributed by atoms with E-state index < -0.39 is 0 Å². The summed E-state index contributed by atoms with van der Waals surface area (Å²) in [6, 6.07) is 8.94. The first-order chi connectivity index (χ1) is 25.8. The van der Waals surface area contributed by atoms with Crippen LogP contribution in [0.5, 0.6) is 0 Å². The number of nitrogens with two attached hydrogens (primary N) is 1. The summed E-state index contributed by atoms with van der Waals surface area (Å²) in [6.07, 6.45) is 6.27. The highest BCUT2D eigenvalue weighted by Gasteiger charge is 2.29. The molecule has 276 valence electrons. The number of nitrogens with zero attached hydrogens (tertiary/aromatic N) is 7. The maximum absolute atomic E-state index is 7.16. The van der Waals surface area contributed by atoms with Crippen molar-refractivity contribution in [2.24, 2.45) is 5.73 Å². The molecule has 0 spiro atoms. The SMILES string of the molecule is CCc1[nH]c2nc(SC)nc(N3CC[C@H](NCCc4[nH]c5nc(Sc6ccc7cc8c(nc7c6)CCOC8)nc(N6CC[C@H](N)C6)c5c4Cl)C3)c2c1Cl. The summed E-state index contributed by atoms with van der Waals surface area (Å²) in [5.74, 6) is 1.74. The Morgan fingerprint density at radius 2 is 1.66 bits per heavy atom. The number of hydrogen-bond donors (Lipinski definition) is 4. The normalized spacial score (nSPS) is 19.0. The van der Waals surface area contributed by atoms with Gasteiger partial charge in [0.25, 0.3) is 0 Å². The quantitative estimate of drug-likeness (QED) is 0.0882. The van der Waals surface area contributed by atoms with Crippen LogP contribution in [0.15, 0.2) is 39.5 Å². The van der Waals surface area contributed by atoms with Crippen LogP contribution >= 0.6 is 46.7 Å². The molecule has 0 unspecified atom stereocenters. The van der Waals surface area contributed by atoms with Crippen LogP contribution in [0.4, 0.5) is 11.6 Å². The lowest BCUT2D eigenvalue weighted by atomic mass is 10.1. The summed E-state index contributed by atoms with van der Waals surface area (Å²) >= 11 is 17.1. The van der Waals surface area contributed by atoms with Crippen molar-refractivity contribution in [3.05, 3.63) is 57.0 Å². The van der Waals surface area contributed by atoms with Crippen LogP contribution in [0.25, 0.3) is 33.0 Å².